The van der Waals surface area contributed by atoms with Gasteiger partial charge in [0.25, 0.3) is 6.26 Å². The highest BCUT2D eigenvalue weighted by atomic mass is 16.5. The average molecular weight is 146 g/mol. The van der Waals surface area contributed by atoms with Crippen molar-refractivity contribution in [2.24, 2.45) is 0 Å². The lowest BCUT2D eigenvalue weighted by Gasteiger charge is -1.95. The van der Waals surface area contributed by atoms with Gasteiger partial charge >= 0.3 is 0 Å². The predicted molar refractivity (Wildman–Crippen MR) is 37.5 cm³/mol. The smallest absolute Gasteiger partial charge is 0.292 e. The van der Waals surface area contributed by atoms with Crippen molar-refractivity contribution in [3.8, 4) is 12.0 Å². The van der Waals surface area contributed by atoms with E-state index in [0.29, 0.717) is 0 Å². The maximum atomic E-state index is 10.2. The Morgan fingerprint density at radius 1 is 1.36 bits per heavy atom. The molecule has 0 N–H and O–H groups in total. The van der Waals surface area contributed by atoms with Crippen LogP contribution in [0.3, 0.4) is 0 Å². The monoisotopic (exact) mass is 146 g/mol. The number of para-hydroxylation sites is 1. The lowest BCUT2D eigenvalue weighted by Crippen LogP contribution is -1.88. The minimum atomic E-state index is 0.241. The normalized spacial score (nSPS) is 8.27. The van der Waals surface area contributed by atoms with Gasteiger partial charge in [-0.3, -0.25) is 4.79 Å². The first kappa shape index (κ1) is 7.29. The largest absolute Gasteiger partial charge is 0.387 e. The van der Waals surface area contributed by atoms with Crippen LogP contribution in [0.5, 0.6) is 5.75 Å². The molecule has 1 radical (unpaired) electrons. The van der Waals surface area contributed by atoms with E-state index in [1.54, 1.807) is 18.4 Å². The number of ether oxygens (including phenoxy) is 1. The Morgan fingerprint density at radius 2 is 2.09 bits per heavy atom. The van der Waals surface area contributed by atoms with Crippen molar-refractivity contribution in [3.05, 3.63) is 29.8 Å². The van der Waals surface area contributed by atoms with Crippen molar-refractivity contribution in [1.29, 1.82) is 5.26 Å². The molecule has 0 saturated carbocycles. The van der Waals surface area contributed by atoms with Crippen LogP contribution in [0.15, 0.2) is 24.3 Å². The van der Waals surface area contributed by atoms with Gasteiger partial charge in [-0.15, -0.1) is 5.26 Å². The molecular formula is C8H4NO2. The third-order valence-corrected chi connectivity index (χ3v) is 1.15. The summed E-state index contributed by atoms with van der Waals surface area (Å²) in [5.74, 6) is 0.241. The van der Waals surface area contributed by atoms with Crippen LogP contribution in [0.1, 0.15) is 5.56 Å². The summed E-state index contributed by atoms with van der Waals surface area (Å²) in [6.07, 6.45) is 3.13. The molecule has 1 rings (SSSR count). The lowest BCUT2D eigenvalue weighted by molar-refractivity contribution is 0.503. The predicted octanol–water partition coefficient (Wildman–Crippen LogP) is 1.00. The fourth-order valence-electron chi connectivity index (χ4n) is 0.689. The van der Waals surface area contributed by atoms with Gasteiger partial charge < -0.3 is 4.74 Å². The molecule has 0 aliphatic heterocycles. The van der Waals surface area contributed by atoms with Crippen LogP contribution in [0.25, 0.3) is 0 Å². The Balaban J connectivity index is 3.04. The number of hydrogen-bond acceptors (Lipinski definition) is 3. The van der Waals surface area contributed by atoms with Crippen molar-refractivity contribution in [2.75, 3.05) is 0 Å². The molecule has 0 saturated heterocycles. The van der Waals surface area contributed by atoms with E-state index in [9.17, 15) is 4.79 Å². The van der Waals surface area contributed by atoms with Crippen molar-refractivity contribution >= 4 is 6.29 Å². The Bertz CT molecular complexity index is 301. The van der Waals surface area contributed by atoms with Crippen LogP contribution in [0.2, 0.25) is 0 Å². The minimum absolute atomic E-state index is 0.241. The Labute approximate surface area is 63.8 Å². The summed E-state index contributed by atoms with van der Waals surface area (Å²) in [6.45, 7) is 0. The van der Waals surface area contributed by atoms with Gasteiger partial charge in [0, 0.05) is 0 Å². The summed E-state index contributed by atoms with van der Waals surface area (Å²) in [5, 5.41) is 8.14. The molecule has 0 aliphatic carbocycles. The van der Waals surface area contributed by atoms with E-state index < -0.39 is 0 Å². The maximum absolute atomic E-state index is 10.2. The Morgan fingerprint density at radius 3 is 2.73 bits per heavy atom. The number of nitrogens with zero attached hydrogens (tertiary/aromatic N) is 1. The van der Waals surface area contributed by atoms with E-state index >= 15 is 0 Å². The zero-order chi connectivity index (χ0) is 8.10. The molecule has 0 heterocycles. The molecule has 11 heavy (non-hydrogen) atoms. The number of hydrogen-bond donors (Lipinski definition) is 0. The highest BCUT2D eigenvalue weighted by Gasteiger charge is 2.00. The third kappa shape index (κ3) is 1.55. The third-order valence-electron chi connectivity index (χ3n) is 1.15. The van der Waals surface area contributed by atoms with Crippen LogP contribution in [-0.2, 0) is 4.79 Å². The number of carbonyl (C=O) groups excluding carboxylic acids is 1. The van der Waals surface area contributed by atoms with E-state index in [2.05, 4.69) is 4.74 Å². The maximum Gasteiger partial charge on any atom is 0.292 e. The molecule has 0 bridgehead atoms. The molecule has 0 unspecified atom stereocenters. The molecule has 53 valence electrons. The molecule has 3 nitrogen and oxygen atoms in total. The van der Waals surface area contributed by atoms with Gasteiger partial charge in [-0.2, -0.15) is 0 Å². The first-order chi connectivity index (χ1) is 5.38. The number of rotatable bonds is 2. The molecule has 0 amide bonds. The summed E-state index contributed by atoms with van der Waals surface area (Å²) in [4.78, 5) is 10.2. The topological polar surface area (TPSA) is 50.1 Å². The highest BCUT2D eigenvalue weighted by Crippen LogP contribution is 2.14. The van der Waals surface area contributed by atoms with Crippen LogP contribution in [0, 0.1) is 11.5 Å². The molecule has 1 aromatic rings. The van der Waals surface area contributed by atoms with E-state index in [1.807, 2.05) is 0 Å². The van der Waals surface area contributed by atoms with Gasteiger partial charge in [-0.05, 0) is 12.1 Å². The van der Waals surface area contributed by atoms with Gasteiger partial charge in [0.1, 0.15) is 0 Å². The first-order valence-electron chi connectivity index (χ1n) is 2.91. The summed E-state index contributed by atoms with van der Waals surface area (Å²) in [5.41, 5.74) is 0.258. The summed E-state index contributed by atoms with van der Waals surface area (Å²) in [7, 11) is 0. The second kappa shape index (κ2) is 3.37. The molecule has 0 aliphatic rings. The van der Waals surface area contributed by atoms with Crippen LogP contribution in [0.4, 0.5) is 0 Å². The van der Waals surface area contributed by atoms with Crippen molar-refractivity contribution in [3.63, 3.8) is 0 Å². The Hall–Kier alpha value is -1.82. The van der Waals surface area contributed by atoms with E-state index in [1.165, 1.54) is 18.4 Å². The molecule has 0 spiro atoms. The van der Waals surface area contributed by atoms with Gasteiger partial charge in [0.15, 0.2) is 5.75 Å². The highest BCUT2D eigenvalue weighted by molar-refractivity contribution is 5.79. The van der Waals surface area contributed by atoms with Crippen molar-refractivity contribution in [1.82, 2.24) is 0 Å². The SMILES string of the molecule is N#COc1ccccc1[C]=O. The molecular weight excluding hydrogens is 142 g/mol. The van der Waals surface area contributed by atoms with Crippen molar-refractivity contribution in [2.45, 2.75) is 0 Å². The number of nitriles is 1. The minimum Gasteiger partial charge on any atom is -0.387 e. The number of benzene rings is 1. The fraction of sp³-hybridized carbons (Fsp3) is 0. The van der Waals surface area contributed by atoms with Crippen LogP contribution >= 0.6 is 0 Å². The molecule has 3 heteroatoms. The summed E-state index contributed by atoms with van der Waals surface area (Å²) < 4.78 is 4.47. The van der Waals surface area contributed by atoms with Crippen LogP contribution in [-0.4, -0.2) is 6.29 Å². The summed E-state index contributed by atoms with van der Waals surface area (Å²) in [6, 6.07) is 6.40. The van der Waals surface area contributed by atoms with E-state index in [-0.39, 0.29) is 11.3 Å². The van der Waals surface area contributed by atoms with Gasteiger partial charge in [0.05, 0.1) is 5.56 Å². The molecule has 0 atom stereocenters. The van der Waals surface area contributed by atoms with Gasteiger partial charge in [-0.25, -0.2) is 0 Å². The molecule has 0 aromatic heterocycles. The molecule has 1 aromatic carbocycles. The quantitative estimate of drug-likeness (QED) is 0.585. The summed E-state index contributed by atoms with van der Waals surface area (Å²) >= 11 is 0. The second-order valence-electron chi connectivity index (χ2n) is 1.79. The van der Waals surface area contributed by atoms with E-state index in [4.69, 9.17) is 5.26 Å². The first-order valence-corrected chi connectivity index (χ1v) is 2.91. The molecule has 0 fully saturated rings. The van der Waals surface area contributed by atoms with E-state index in [0.717, 1.165) is 0 Å². The van der Waals surface area contributed by atoms with Crippen molar-refractivity contribution < 1.29 is 9.53 Å². The second-order valence-corrected chi connectivity index (χ2v) is 1.79. The fourth-order valence-corrected chi connectivity index (χ4v) is 0.689. The van der Waals surface area contributed by atoms with Gasteiger partial charge in [-0.1, -0.05) is 12.1 Å². The zero-order valence-corrected chi connectivity index (χ0v) is 5.57. The standard InChI is InChI=1S/C8H4NO2/c9-6-11-8-4-2-1-3-7(8)5-10/h1-4H. The average Bonchev–Trinajstić information content (AvgIpc) is 2.06. The zero-order valence-electron chi connectivity index (χ0n) is 5.57. The lowest BCUT2D eigenvalue weighted by atomic mass is 10.2. The Kier molecular flexibility index (Phi) is 2.24. The van der Waals surface area contributed by atoms with Gasteiger partial charge in [0.2, 0.25) is 6.29 Å². The van der Waals surface area contributed by atoms with Crippen LogP contribution < -0.4 is 4.74 Å².